The van der Waals surface area contributed by atoms with Crippen LogP contribution in [0.25, 0.3) is 11.4 Å². The molecule has 1 aliphatic heterocycles. The Morgan fingerprint density at radius 1 is 1.10 bits per heavy atom. The molecule has 4 rings (SSSR count). The van der Waals surface area contributed by atoms with Crippen LogP contribution in [0.1, 0.15) is 28.5 Å². The highest BCUT2D eigenvalue weighted by atomic mass is 19.1. The monoisotopic (exact) mass is 424 g/mol. The fraction of sp³-hybridized carbons (Fsp3) is 0.182. The number of ether oxygens (including phenoxy) is 1. The lowest BCUT2D eigenvalue weighted by molar-refractivity contribution is -0.142. The Labute approximate surface area is 176 Å². The first-order valence-electron chi connectivity index (χ1n) is 9.61. The average Bonchev–Trinajstić information content (AvgIpc) is 3.11. The summed E-state index contributed by atoms with van der Waals surface area (Å²) in [7, 11) is 0. The first-order chi connectivity index (χ1) is 15.0. The summed E-state index contributed by atoms with van der Waals surface area (Å²) >= 11 is 0. The molecular formula is C22H18F2N4O3. The zero-order chi connectivity index (χ0) is 22.0. The summed E-state index contributed by atoms with van der Waals surface area (Å²) in [6.07, 6.45) is 0.135. The van der Waals surface area contributed by atoms with Crippen molar-refractivity contribution in [1.82, 2.24) is 15.3 Å². The summed E-state index contributed by atoms with van der Waals surface area (Å²) < 4.78 is 33.5. The molecule has 31 heavy (non-hydrogen) atoms. The third-order valence-corrected chi connectivity index (χ3v) is 4.68. The third-order valence-electron chi connectivity index (χ3n) is 4.68. The predicted molar refractivity (Wildman–Crippen MR) is 109 cm³/mol. The van der Waals surface area contributed by atoms with Crippen molar-refractivity contribution in [3.63, 3.8) is 0 Å². The number of hydrogen-bond acceptors (Lipinski definition) is 6. The lowest BCUT2D eigenvalue weighted by Crippen LogP contribution is -2.14. The number of aromatic nitrogens is 2. The summed E-state index contributed by atoms with van der Waals surface area (Å²) in [5, 5.41) is 5.66. The maximum atomic E-state index is 14.3. The zero-order valence-corrected chi connectivity index (χ0v) is 16.5. The van der Waals surface area contributed by atoms with Crippen molar-refractivity contribution in [1.29, 1.82) is 0 Å². The number of nitrogens with zero attached hydrogens (tertiary/aromatic N) is 2. The van der Waals surface area contributed by atoms with Crippen molar-refractivity contribution in [2.75, 3.05) is 11.9 Å². The first kappa shape index (κ1) is 20.4. The molecular weight excluding hydrogens is 406 g/mol. The lowest BCUT2D eigenvalue weighted by Gasteiger charge is -2.12. The standard InChI is InChI=1S/C22H18F2N4O3/c1-2-31-17(29)10-12-6-8-13(9-7-12)26-21-19-16(11-25-22(19)30)27-20(28-21)18-14(23)4-3-5-15(18)24/h3-9H,2,10-11H2,1H3,(H,25,30)(H,26,27,28). The van der Waals surface area contributed by atoms with Crippen LogP contribution in [0, 0.1) is 11.6 Å². The second-order valence-corrected chi connectivity index (χ2v) is 6.80. The molecule has 1 aliphatic rings. The van der Waals surface area contributed by atoms with Crippen LogP contribution in [0.15, 0.2) is 42.5 Å². The van der Waals surface area contributed by atoms with Crippen molar-refractivity contribution in [3.8, 4) is 11.4 Å². The number of anilines is 2. The second kappa shape index (κ2) is 8.47. The Balaban J connectivity index is 1.67. The van der Waals surface area contributed by atoms with Gasteiger partial charge in [-0.15, -0.1) is 0 Å². The molecule has 7 nitrogen and oxygen atoms in total. The molecule has 0 atom stereocenters. The number of nitrogens with one attached hydrogen (secondary N) is 2. The van der Waals surface area contributed by atoms with Crippen LogP contribution in [0.4, 0.5) is 20.3 Å². The molecule has 1 amide bonds. The van der Waals surface area contributed by atoms with E-state index in [-0.39, 0.29) is 47.6 Å². The van der Waals surface area contributed by atoms with E-state index in [1.165, 1.54) is 6.07 Å². The minimum absolute atomic E-state index is 0.132. The maximum Gasteiger partial charge on any atom is 0.310 e. The number of hydrogen-bond donors (Lipinski definition) is 2. The normalized spacial score (nSPS) is 12.3. The van der Waals surface area contributed by atoms with Gasteiger partial charge in [-0.1, -0.05) is 18.2 Å². The summed E-state index contributed by atoms with van der Waals surface area (Å²) in [6, 6.07) is 10.4. The van der Waals surface area contributed by atoms with Gasteiger partial charge in [0.25, 0.3) is 5.91 Å². The number of fused-ring (bicyclic) bond motifs is 1. The van der Waals surface area contributed by atoms with Gasteiger partial charge in [0, 0.05) is 5.69 Å². The molecule has 2 N–H and O–H groups in total. The van der Waals surface area contributed by atoms with Crippen molar-refractivity contribution >= 4 is 23.4 Å². The van der Waals surface area contributed by atoms with Gasteiger partial charge in [-0.2, -0.15) is 0 Å². The molecule has 0 fully saturated rings. The molecule has 0 saturated carbocycles. The number of amides is 1. The highest BCUT2D eigenvalue weighted by Crippen LogP contribution is 2.30. The van der Waals surface area contributed by atoms with Gasteiger partial charge in [0.15, 0.2) is 5.82 Å². The van der Waals surface area contributed by atoms with Crippen molar-refractivity contribution < 1.29 is 23.1 Å². The fourth-order valence-electron chi connectivity index (χ4n) is 3.26. The maximum absolute atomic E-state index is 14.3. The third kappa shape index (κ3) is 4.20. The van der Waals surface area contributed by atoms with Crippen LogP contribution in [-0.4, -0.2) is 28.5 Å². The molecule has 158 valence electrons. The van der Waals surface area contributed by atoms with Crippen LogP contribution in [0.2, 0.25) is 0 Å². The van der Waals surface area contributed by atoms with E-state index in [4.69, 9.17) is 4.74 Å². The number of benzene rings is 2. The summed E-state index contributed by atoms with van der Waals surface area (Å²) in [6.45, 7) is 2.18. The Bertz CT molecular complexity index is 1150. The van der Waals surface area contributed by atoms with E-state index in [2.05, 4.69) is 20.6 Å². The Hall–Kier alpha value is -3.88. The summed E-state index contributed by atoms with van der Waals surface area (Å²) in [5.74, 6) is -2.33. The molecule has 3 aromatic rings. The highest BCUT2D eigenvalue weighted by molar-refractivity contribution is 6.03. The van der Waals surface area contributed by atoms with E-state index < -0.39 is 11.6 Å². The summed E-state index contributed by atoms with van der Waals surface area (Å²) in [4.78, 5) is 32.3. The van der Waals surface area contributed by atoms with Crippen molar-refractivity contribution in [2.45, 2.75) is 19.9 Å². The quantitative estimate of drug-likeness (QED) is 0.589. The van der Waals surface area contributed by atoms with Gasteiger partial charge in [-0.3, -0.25) is 9.59 Å². The number of halogens is 2. The van der Waals surface area contributed by atoms with Crippen LogP contribution >= 0.6 is 0 Å². The number of carbonyl (C=O) groups excluding carboxylic acids is 2. The van der Waals surface area contributed by atoms with Crippen molar-refractivity contribution in [2.24, 2.45) is 0 Å². The van der Waals surface area contributed by atoms with Crippen LogP contribution in [0.3, 0.4) is 0 Å². The number of carbonyl (C=O) groups is 2. The van der Waals surface area contributed by atoms with Crippen LogP contribution in [0.5, 0.6) is 0 Å². The molecule has 9 heteroatoms. The Kier molecular flexibility index (Phi) is 5.57. The van der Waals surface area contributed by atoms with Gasteiger partial charge < -0.3 is 15.4 Å². The van der Waals surface area contributed by atoms with Gasteiger partial charge >= 0.3 is 5.97 Å². The minimum Gasteiger partial charge on any atom is -0.466 e. The van der Waals surface area contributed by atoms with E-state index in [1.807, 2.05) is 0 Å². The number of esters is 1. The Morgan fingerprint density at radius 3 is 2.48 bits per heavy atom. The number of rotatable bonds is 6. The van der Waals surface area contributed by atoms with E-state index in [0.29, 0.717) is 18.0 Å². The van der Waals surface area contributed by atoms with Crippen LogP contribution in [-0.2, 0) is 22.5 Å². The largest absolute Gasteiger partial charge is 0.466 e. The SMILES string of the molecule is CCOC(=O)Cc1ccc(Nc2nc(-c3c(F)cccc3F)nc3c2C(=O)NC3)cc1. The molecule has 0 saturated heterocycles. The van der Waals surface area contributed by atoms with Gasteiger partial charge in [0.1, 0.15) is 23.0 Å². The first-order valence-corrected chi connectivity index (χ1v) is 9.61. The van der Waals surface area contributed by atoms with Gasteiger partial charge in [-0.05, 0) is 36.8 Å². The molecule has 0 aliphatic carbocycles. The Morgan fingerprint density at radius 2 is 1.81 bits per heavy atom. The molecule has 0 bridgehead atoms. The van der Waals surface area contributed by atoms with Gasteiger partial charge in [-0.25, -0.2) is 18.7 Å². The topological polar surface area (TPSA) is 93.2 Å². The molecule has 1 aromatic heterocycles. The average molecular weight is 424 g/mol. The summed E-state index contributed by atoms with van der Waals surface area (Å²) in [5.41, 5.74) is 1.53. The minimum atomic E-state index is -0.800. The van der Waals surface area contributed by atoms with E-state index >= 15 is 0 Å². The van der Waals surface area contributed by atoms with Gasteiger partial charge in [0.05, 0.1) is 30.8 Å². The van der Waals surface area contributed by atoms with Crippen LogP contribution < -0.4 is 10.6 Å². The van der Waals surface area contributed by atoms with Gasteiger partial charge in [0.2, 0.25) is 0 Å². The lowest BCUT2D eigenvalue weighted by atomic mass is 10.1. The second-order valence-electron chi connectivity index (χ2n) is 6.80. The van der Waals surface area contributed by atoms with E-state index in [0.717, 1.165) is 17.7 Å². The molecule has 0 spiro atoms. The zero-order valence-electron chi connectivity index (χ0n) is 16.5. The highest BCUT2D eigenvalue weighted by Gasteiger charge is 2.28. The van der Waals surface area contributed by atoms with E-state index in [1.54, 1.807) is 31.2 Å². The predicted octanol–water partition coefficient (Wildman–Crippen LogP) is 3.51. The smallest absolute Gasteiger partial charge is 0.310 e. The molecule has 2 aromatic carbocycles. The molecule has 0 radical (unpaired) electrons. The molecule has 0 unspecified atom stereocenters. The van der Waals surface area contributed by atoms with E-state index in [9.17, 15) is 18.4 Å². The van der Waals surface area contributed by atoms with Crippen molar-refractivity contribution in [3.05, 3.63) is 70.9 Å². The molecule has 2 heterocycles. The fourth-order valence-corrected chi connectivity index (χ4v) is 3.26.